The Bertz CT molecular complexity index is 360. The molecule has 0 aliphatic carbocycles. The fourth-order valence-corrected chi connectivity index (χ4v) is 0.812. The first-order chi connectivity index (χ1) is 6.09. The predicted octanol–water partition coefficient (Wildman–Crippen LogP) is 1.19. The van der Waals surface area contributed by atoms with Gasteiger partial charge in [-0.1, -0.05) is 6.07 Å². The van der Waals surface area contributed by atoms with Gasteiger partial charge >= 0.3 is 5.97 Å². The second-order valence-corrected chi connectivity index (χ2v) is 2.42. The van der Waals surface area contributed by atoms with Crippen LogP contribution in [0.15, 0.2) is 24.3 Å². The molecule has 0 heterocycles. The number of carboxylic acid groups (broad SMARTS) is 1. The topological polar surface area (TPSA) is 77.8 Å². The van der Waals surface area contributed by atoms with Gasteiger partial charge in [-0.3, -0.25) is 0 Å². The average Bonchev–Trinajstić information content (AvgIpc) is 2.07. The van der Waals surface area contributed by atoms with Gasteiger partial charge in [0, 0.05) is 25.6 Å². The summed E-state index contributed by atoms with van der Waals surface area (Å²) >= 11 is 0. The second-order valence-electron chi connectivity index (χ2n) is 2.42. The number of rotatable bonds is 2. The number of hydrogen-bond donors (Lipinski definition) is 3. The molecule has 0 spiro atoms. The van der Waals surface area contributed by atoms with Crippen molar-refractivity contribution in [1.82, 2.24) is 0 Å². The van der Waals surface area contributed by atoms with Gasteiger partial charge in [0.15, 0.2) is 11.5 Å². The summed E-state index contributed by atoms with van der Waals surface area (Å²) in [6.45, 7) is 0. The molecular weight excluding hydrogens is 237 g/mol. The van der Waals surface area contributed by atoms with Crippen molar-refractivity contribution in [2.45, 2.75) is 0 Å². The van der Waals surface area contributed by atoms with E-state index in [0.29, 0.717) is 5.56 Å². The van der Waals surface area contributed by atoms with Crippen LogP contribution in [0.3, 0.4) is 0 Å². The zero-order valence-electron chi connectivity index (χ0n) is 7.34. The number of phenolic OH excluding ortho intramolecular Hbond substituents is 2. The van der Waals surface area contributed by atoms with Crippen LogP contribution in [0.1, 0.15) is 5.56 Å². The van der Waals surface area contributed by atoms with Gasteiger partial charge in [-0.05, 0) is 23.8 Å². The molecule has 0 aliphatic rings. The summed E-state index contributed by atoms with van der Waals surface area (Å²) in [7, 11) is 0. The Morgan fingerprint density at radius 2 is 1.86 bits per heavy atom. The molecule has 5 heteroatoms. The summed E-state index contributed by atoms with van der Waals surface area (Å²) in [6.07, 6.45) is 2.27. The molecule has 0 saturated carbocycles. The third-order valence-corrected chi connectivity index (χ3v) is 1.42. The van der Waals surface area contributed by atoms with E-state index in [1.807, 2.05) is 0 Å². The molecule has 0 fully saturated rings. The van der Waals surface area contributed by atoms with E-state index in [1.165, 1.54) is 24.3 Å². The number of hydrogen-bond acceptors (Lipinski definition) is 3. The number of carbonyl (C=O) groups is 1. The summed E-state index contributed by atoms with van der Waals surface area (Å²) in [6, 6.07) is 4.06. The minimum atomic E-state index is -1.06. The van der Waals surface area contributed by atoms with Gasteiger partial charge in [-0.2, -0.15) is 0 Å². The van der Waals surface area contributed by atoms with Crippen molar-refractivity contribution in [2.75, 3.05) is 0 Å². The molecule has 0 aliphatic heterocycles. The van der Waals surface area contributed by atoms with Crippen LogP contribution in [0.2, 0.25) is 0 Å². The van der Waals surface area contributed by atoms with Gasteiger partial charge in [-0.15, -0.1) is 0 Å². The molecule has 0 radical (unpaired) electrons. The van der Waals surface area contributed by atoms with E-state index in [2.05, 4.69) is 0 Å². The Morgan fingerprint density at radius 3 is 2.36 bits per heavy atom. The van der Waals surface area contributed by atoms with Crippen LogP contribution in [0.5, 0.6) is 11.5 Å². The fraction of sp³-hybridized carbons (Fsp3) is 0. The minimum Gasteiger partial charge on any atom is -0.504 e. The largest absolute Gasteiger partial charge is 0.504 e. The molecule has 70 valence electrons. The van der Waals surface area contributed by atoms with E-state index < -0.39 is 5.97 Å². The molecule has 1 aromatic carbocycles. The van der Waals surface area contributed by atoms with Crippen molar-refractivity contribution in [3.8, 4) is 11.5 Å². The van der Waals surface area contributed by atoms with Crippen LogP contribution in [-0.2, 0) is 24.3 Å². The van der Waals surface area contributed by atoms with E-state index in [4.69, 9.17) is 15.3 Å². The molecule has 14 heavy (non-hydrogen) atoms. The fourth-order valence-electron chi connectivity index (χ4n) is 0.812. The molecule has 0 saturated heterocycles. The Morgan fingerprint density at radius 1 is 1.21 bits per heavy atom. The van der Waals surface area contributed by atoms with Crippen molar-refractivity contribution in [1.29, 1.82) is 0 Å². The molecule has 3 N–H and O–H groups in total. The Hall–Kier alpha value is -1.35. The van der Waals surface area contributed by atoms with Crippen LogP contribution in [0, 0.1) is 0 Å². The number of phenols is 2. The van der Waals surface area contributed by atoms with Gasteiger partial charge in [0.05, 0.1) is 0 Å². The zero-order valence-corrected chi connectivity index (χ0v) is 10.3. The summed E-state index contributed by atoms with van der Waals surface area (Å²) in [4.78, 5) is 10.1. The van der Waals surface area contributed by atoms with Gasteiger partial charge < -0.3 is 15.3 Å². The molecule has 1 rings (SSSR count). The molecule has 0 bridgehead atoms. The third-order valence-electron chi connectivity index (χ3n) is 1.42. The number of benzene rings is 1. The Kier molecular flexibility index (Phi) is 4.88. The van der Waals surface area contributed by atoms with Gasteiger partial charge in [0.2, 0.25) is 0 Å². The number of carboxylic acids is 1. The first kappa shape index (κ1) is 12.7. The number of aromatic hydroxyl groups is 2. The normalized spacial score (nSPS) is 9.71. The summed E-state index contributed by atoms with van der Waals surface area (Å²) in [5, 5.41) is 26.3. The van der Waals surface area contributed by atoms with Crippen molar-refractivity contribution in [3.05, 3.63) is 29.8 Å². The molecular formula is C9H8O4Zn. The number of aliphatic carboxylic acids is 1. The summed E-state index contributed by atoms with van der Waals surface area (Å²) in [5.41, 5.74) is 0.512. The first-order valence-corrected chi connectivity index (χ1v) is 3.52. The van der Waals surface area contributed by atoms with Crippen LogP contribution in [-0.4, -0.2) is 21.3 Å². The maximum atomic E-state index is 10.1. The van der Waals surface area contributed by atoms with Crippen molar-refractivity contribution < 1.29 is 39.6 Å². The van der Waals surface area contributed by atoms with Gasteiger partial charge in [0.25, 0.3) is 0 Å². The maximum Gasteiger partial charge on any atom is 0.328 e. The van der Waals surface area contributed by atoms with Gasteiger partial charge in [0.1, 0.15) is 0 Å². The van der Waals surface area contributed by atoms with Crippen molar-refractivity contribution in [3.63, 3.8) is 0 Å². The molecule has 0 aromatic heterocycles. The molecule has 0 atom stereocenters. The summed E-state index contributed by atoms with van der Waals surface area (Å²) < 4.78 is 0. The van der Waals surface area contributed by atoms with Gasteiger partial charge in [-0.25, -0.2) is 4.79 Å². The van der Waals surface area contributed by atoms with E-state index in [-0.39, 0.29) is 31.0 Å². The monoisotopic (exact) mass is 244 g/mol. The third kappa shape index (κ3) is 3.58. The van der Waals surface area contributed by atoms with E-state index in [0.717, 1.165) is 6.08 Å². The van der Waals surface area contributed by atoms with E-state index >= 15 is 0 Å². The van der Waals surface area contributed by atoms with E-state index in [1.54, 1.807) is 0 Å². The summed E-state index contributed by atoms with van der Waals surface area (Å²) in [5.74, 6) is -1.56. The van der Waals surface area contributed by atoms with Crippen LogP contribution < -0.4 is 0 Å². The molecule has 1 aromatic rings. The smallest absolute Gasteiger partial charge is 0.328 e. The minimum absolute atomic E-state index is 0. The standard InChI is InChI=1S/C9H8O4.Zn/c10-7-3-1-6(5-8(7)11)2-4-9(12)13;/h1-5,10-11H,(H,12,13);/b4-2+;. The Balaban J connectivity index is 0.00000169. The molecule has 0 amide bonds. The molecule has 4 nitrogen and oxygen atoms in total. The van der Waals surface area contributed by atoms with Crippen molar-refractivity contribution >= 4 is 12.0 Å². The molecule has 0 unspecified atom stereocenters. The predicted molar refractivity (Wildman–Crippen MR) is 46.4 cm³/mol. The first-order valence-electron chi connectivity index (χ1n) is 3.52. The zero-order chi connectivity index (χ0) is 9.84. The maximum absolute atomic E-state index is 10.1. The SMILES string of the molecule is O=C(O)/C=C/c1ccc(O)c(O)c1.[Zn]. The Labute approximate surface area is 93.3 Å². The quantitative estimate of drug-likeness (QED) is 0.416. The average molecular weight is 246 g/mol. The van der Waals surface area contributed by atoms with Crippen LogP contribution in [0.25, 0.3) is 6.08 Å². The van der Waals surface area contributed by atoms with E-state index in [9.17, 15) is 4.79 Å². The van der Waals surface area contributed by atoms with Crippen molar-refractivity contribution in [2.24, 2.45) is 0 Å². The van der Waals surface area contributed by atoms with Crippen LogP contribution in [0.4, 0.5) is 0 Å². The second kappa shape index (κ2) is 5.40. The van der Waals surface area contributed by atoms with Crippen LogP contribution >= 0.6 is 0 Å².